The Labute approximate surface area is 236 Å². The van der Waals surface area contributed by atoms with E-state index in [0.717, 1.165) is 16.8 Å². The molecule has 0 radical (unpaired) electrons. The van der Waals surface area contributed by atoms with Crippen LogP contribution in [-0.2, 0) is 0 Å². The SMILES string of the molecule is COc1cc(C=NNc2nc3nonc3nc2Nc2cccc(C)c2C)ccc1OC(=O)c1cc(F)c(F)cc1Cl. The molecule has 11 nitrogen and oxygen atoms in total. The highest BCUT2D eigenvalue weighted by atomic mass is 35.5. The third-order valence-electron chi connectivity index (χ3n) is 5.98. The first-order valence-electron chi connectivity index (χ1n) is 11.9. The lowest BCUT2D eigenvalue weighted by Gasteiger charge is -2.13. The van der Waals surface area contributed by atoms with Crippen LogP contribution in [0.1, 0.15) is 27.0 Å². The number of fused-ring (bicyclic) bond motifs is 1. The molecule has 14 heteroatoms. The fourth-order valence-corrected chi connectivity index (χ4v) is 3.90. The minimum Gasteiger partial charge on any atom is -0.493 e. The van der Waals surface area contributed by atoms with Crippen LogP contribution in [0, 0.1) is 25.5 Å². The lowest BCUT2D eigenvalue weighted by atomic mass is 10.1. The molecule has 2 aromatic heterocycles. The number of hydrogen-bond donors (Lipinski definition) is 2. The van der Waals surface area contributed by atoms with Crippen LogP contribution in [0.15, 0.2) is 58.3 Å². The third-order valence-corrected chi connectivity index (χ3v) is 6.29. The van der Waals surface area contributed by atoms with Crippen LogP contribution in [-0.4, -0.2) is 39.6 Å². The van der Waals surface area contributed by atoms with E-state index in [1.807, 2.05) is 32.0 Å². The number of rotatable bonds is 8. The van der Waals surface area contributed by atoms with Crippen molar-refractivity contribution in [1.82, 2.24) is 20.3 Å². The monoisotopic (exact) mass is 579 g/mol. The standard InChI is InChI=1S/C27H20ClF2N7O4/c1-13-5-4-6-20(14(13)2)32-23-24(34-26-25(33-23)36-41-37-26)35-31-12-15-7-8-21(22(9-15)39-3)40-27(38)16-10-18(29)19(30)11-17(16)28/h4-12H,1-3H3,(H,32,33,36)(H,34,35,37). The molecule has 2 heterocycles. The molecular formula is C27H20ClF2N7O4. The second kappa shape index (κ2) is 11.5. The highest BCUT2D eigenvalue weighted by molar-refractivity contribution is 6.33. The Balaban J connectivity index is 1.35. The number of aryl methyl sites for hydroxylation is 1. The van der Waals surface area contributed by atoms with Gasteiger partial charge in [-0.05, 0) is 77.2 Å². The summed E-state index contributed by atoms with van der Waals surface area (Å²) < 4.78 is 42.3. The summed E-state index contributed by atoms with van der Waals surface area (Å²) in [5, 5.41) is 14.7. The normalized spacial score (nSPS) is 11.2. The van der Waals surface area contributed by atoms with Crippen molar-refractivity contribution >= 4 is 52.4 Å². The Morgan fingerprint density at radius 1 is 1.00 bits per heavy atom. The van der Waals surface area contributed by atoms with E-state index in [1.165, 1.54) is 19.4 Å². The van der Waals surface area contributed by atoms with Gasteiger partial charge in [-0.2, -0.15) is 10.1 Å². The molecule has 0 aliphatic heterocycles. The summed E-state index contributed by atoms with van der Waals surface area (Å²) in [7, 11) is 1.37. The Bertz CT molecular complexity index is 1810. The number of anilines is 3. The van der Waals surface area contributed by atoms with Crippen molar-refractivity contribution in [3.63, 3.8) is 0 Å². The molecule has 0 fully saturated rings. The van der Waals surface area contributed by atoms with Gasteiger partial charge in [0.25, 0.3) is 0 Å². The molecule has 2 N–H and O–H groups in total. The van der Waals surface area contributed by atoms with Gasteiger partial charge in [-0.1, -0.05) is 23.7 Å². The molecule has 0 spiro atoms. The number of hydrogen-bond acceptors (Lipinski definition) is 11. The Kier molecular flexibility index (Phi) is 7.70. The molecule has 3 aromatic carbocycles. The molecule has 0 saturated heterocycles. The van der Waals surface area contributed by atoms with Crippen molar-refractivity contribution in [2.75, 3.05) is 17.9 Å². The first-order chi connectivity index (χ1) is 19.7. The second-order valence-electron chi connectivity index (χ2n) is 8.62. The maximum Gasteiger partial charge on any atom is 0.345 e. The first kappa shape index (κ1) is 27.4. The minimum atomic E-state index is -1.23. The van der Waals surface area contributed by atoms with E-state index in [2.05, 4.69) is 36.1 Å². The molecule has 5 rings (SSSR count). The lowest BCUT2D eigenvalue weighted by Crippen LogP contribution is -2.11. The quantitative estimate of drug-likeness (QED) is 0.0742. The van der Waals surface area contributed by atoms with Crippen LogP contribution in [0.25, 0.3) is 11.3 Å². The lowest BCUT2D eigenvalue weighted by molar-refractivity contribution is 0.0729. The van der Waals surface area contributed by atoms with Crippen molar-refractivity contribution in [2.45, 2.75) is 13.8 Å². The fraction of sp³-hybridized carbons (Fsp3) is 0.111. The topological polar surface area (TPSA) is 137 Å². The van der Waals surface area contributed by atoms with Crippen molar-refractivity contribution in [1.29, 1.82) is 0 Å². The molecule has 0 bridgehead atoms. The number of carbonyl (C=O) groups excluding carboxylic acids is 1. The molecule has 208 valence electrons. The maximum absolute atomic E-state index is 13.6. The summed E-state index contributed by atoms with van der Waals surface area (Å²) in [6.07, 6.45) is 1.47. The van der Waals surface area contributed by atoms with Crippen molar-refractivity contribution in [3.8, 4) is 11.5 Å². The summed E-state index contributed by atoms with van der Waals surface area (Å²) in [4.78, 5) is 21.4. The molecule has 41 heavy (non-hydrogen) atoms. The largest absolute Gasteiger partial charge is 0.493 e. The third kappa shape index (κ3) is 5.89. The van der Waals surface area contributed by atoms with E-state index in [0.29, 0.717) is 23.5 Å². The number of carbonyl (C=O) groups is 1. The highest BCUT2D eigenvalue weighted by Crippen LogP contribution is 2.30. The summed E-state index contributed by atoms with van der Waals surface area (Å²) in [6, 6.07) is 11.8. The van der Waals surface area contributed by atoms with Gasteiger partial charge in [0.15, 0.2) is 34.8 Å². The zero-order chi connectivity index (χ0) is 29.1. The number of nitrogens with zero attached hydrogens (tertiary/aromatic N) is 5. The fourth-order valence-electron chi connectivity index (χ4n) is 3.67. The Morgan fingerprint density at radius 3 is 2.49 bits per heavy atom. The summed E-state index contributed by atoms with van der Waals surface area (Å²) in [5.41, 5.74) is 6.40. The molecule has 0 unspecified atom stereocenters. The number of methoxy groups -OCH3 is 1. The molecular weight excluding hydrogens is 560 g/mol. The number of nitrogens with one attached hydrogen (secondary N) is 2. The number of aromatic nitrogens is 4. The van der Waals surface area contributed by atoms with E-state index < -0.39 is 17.6 Å². The van der Waals surface area contributed by atoms with E-state index in [1.54, 1.807) is 12.1 Å². The first-order valence-corrected chi connectivity index (χ1v) is 12.3. The molecule has 0 saturated carbocycles. The zero-order valence-corrected chi connectivity index (χ0v) is 22.5. The minimum absolute atomic E-state index is 0.0262. The smallest absolute Gasteiger partial charge is 0.345 e. The van der Waals surface area contributed by atoms with Gasteiger partial charge in [-0.25, -0.2) is 23.2 Å². The number of halogens is 3. The highest BCUT2D eigenvalue weighted by Gasteiger charge is 2.19. The number of esters is 1. The average Bonchev–Trinajstić information content (AvgIpc) is 3.41. The van der Waals surface area contributed by atoms with Crippen molar-refractivity contribution in [2.24, 2.45) is 5.10 Å². The van der Waals surface area contributed by atoms with Crippen LogP contribution in [0.3, 0.4) is 0 Å². The Morgan fingerprint density at radius 2 is 1.73 bits per heavy atom. The predicted octanol–water partition coefficient (Wildman–Crippen LogP) is 5.98. The second-order valence-corrected chi connectivity index (χ2v) is 9.03. The van der Waals surface area contributed by atoms with Crippen LogP contribution >= 0.6 is 11.6 Å². The van der Waals surface area contributed by atoms with E-state index in [-0.39, 0.29) is 39.2 Å². The predicted molar refractivity (Wildman–Crippen MR) is 147 cm³/mol. The van der Waals surface area contributed by atoms with Gasteiger partial charge >= 0.3 is 5.97 Å². The van der Waals surface area contributed by atoms with Crippen LogP contribution in [0.2, 0.25) is 5.02 Å². The number of ether oxygens (including phenoxy) is 2. The van der Waals surface area contributed by atoms with Gasteiger partial charge in [0.2, 0.25) is 11.3 Å². The van der Waals surface area contributed by atoms with Gasteiger partial charge in [0, 0.05) is 5.69 Å². The van der Waals surface area contributed by atoms with Crippen molar-refractivity contribution in [3.05, 3.63) is 87.4 Å². The van der Waals surface area contributed by atoms with Gasteiger partial charge in [0.05, 0.1) is 23.9 Å². The van der Waals surface area contributed by atoms with Crippen LogP contribution in [0.5, 0.6) is 11.5 Å². The van der Waals surface area contributed by atoms with Gasteiger partial charge in [-0.3, -0.25) is 5.43 Å². The van der Waals surface area contributed by atoms with Gasteiger partial charge in [-0.15, -0.1) is 0 Å². The molecule has 0 aliphatic rings. The molecule has 0 aliphatic carbocycles. The summed E-state index contributed by atoms with van der Waals surface area (Å²) >= 11 is 5.88. The average molecular weight is 580 g/mol. The van der Waals surface area contributed by atoms with E-state index in [9.17, 15) is 13.6 Å². The van der Waals surface area contributed by atoms with E-state index in [4.69, 9.17) is 25.7 Å². The van der Waals surface area contributed by atoms with E-state index >= 15 is 0 Å². The zero-order valence-electron chi connectivity index (χ0n) is 21.7. The van der Waals surface area contributed by atoms with Crippen LogP contribution < -0.4 is 20.2 Å². The number of benzene rings is 3. The summed E-state index contributed by atoms with van der Waals surface area (Å²) in [5.74, 6) is -2.61. The summed E-state index contributed by atoms with van der Waals surface area (Å²) in [6.45, 7) is 3.98. The number of hydrazone groups is 1. The maximum atomic E-state index is 13.6. The molecule has 0 atom stereocenters. The van der Waals surface area contributed by atoms with Gasteiger partial charge in [0.1, 0.15) is 0 Å². The van der Waals surface area contributed by atoms with Crippen LogP contribution in [0.4, 0.5) is 26.1 Å². The Hall–Kier alpha value is -5.17. The van der Waals surface area contributed by atoms with Gasteiger partial charge < -0.3 is 14.8 Å². The van der Waals surface area contributed by atoms with Crippen molar-refractivity contribution < 1.29 is 27.7 Å². The molecule has 0 amide bonds. The molecule has 5 aromatic rings.